The van der Waals surface area contributed by atoms with Crippen molar-refractivity contribution >= 4 is 0 Å². The summed E-state index contributed by atoms with van der Waals surface area (Å²) in [7, 11) is 0. The second kappa shape index (κ2) is 8.96. The third-order valence-corrected chi connectivity index (χ3v) is 4.14. The summed E-state index contributed by atoms with van der Waals surface area (Å²) in [5.41, 5.74) is 2.53. The molecule has 0 atom stereocenters. The number of hydrogen-bond donors (Lipinski definition) is 0. The van der Waals surface area contributed by atoms with Gasteiger partial charge in [0.1, 0.15) is 5.69 Å². The van der Waals surface area contributed by atoms with Crippen LogP contribution in [0.2, 0.25) is 0 Å². The highest BCUT2D eigenvalue weighted by Crippen LogP contribution is 2.24. The van der Waals surface area contributed by atoms with E-state index in [9.17, 15) is 4.39 Å². The van der Waals surface area contributed by atoms with Crippen molar-refractivity contribution in [2.24, 2.45) is 0 Å². The molecule has 0 bridgehead atoms. The number of imidazole rings is 1. The molecular formula is C22H22FN3. The molecular weight excluding hydrogens is 325 g/mol. The molecule has 0 radical (unpaired) electrons. The van der Waals surface area contributed by atoms with Gasteiger partial charge in [-0.25, -0.2) is 0 Å². The first-order valence-corrected chi connectivity index (χ1v) is 8.98. The van der Waals surface area contributed by atoms with Gasteiger partial charge in [-0.1, -0.05) is 43.2 Å². The largest absolute Gasteiger partial charge is 0.315 e. The number of benzene rings is 1. The number of hydrogen-bond acceptors (Lipinski definition) is 2. The number of halogens is 1. The summed E-state index contributed by atoms with van der Waals surface area (Å²) in [6, 6.07) is 13.9. The lowest BCUT2D eigenvalue weighted by Gasteiger charge is -2.10. The van der Waals surface area contributed by atoms with Crippen molar-refractivity contribution in [3.63, 3.8) is 0 Å². The van der Waals surface area contributed by atoms with Gasteiger partial charge < -0.3 is 4.57 Å². The summed E-state index contributed by atoms with van der Waals surface area (Å²) < 4.78 is 16.5. The zero-order valence-corrected chi connectivity index (χ0v) is 15.0. The molecule has 4 heteroatoms. The Labute approximate surface area is 153 Å². The molecule has 0 amide bonds. The minimum Gasteiger partial charge on any atom is -0.315 e. The Hall–Kier alpha value is -2.93. The summed E-state index contributed by atoms with van der Waals surface area (Å²) in [5, 5.41) is 0. The molecule has 3 nitrogen and oxygen atoms in total. The van der Waals surface area contributed by atoms with Crippen LogP contribution in [0, 0.1) is 17.8 Å². The zero-order chi connectivity index (χ0) is 18.2. The summed E-state index contributed by atoms with van der Waals surface area (Å²) in [5.74, 6) is 6.14. The van der Waals surface area contributed by atoms with Crippen LogP contribution in [-0.2, 0) is 13.0 Å². The second-order valence-electron chi connectivity index (χ2n) is 6.10. The van der Waals surface area contributed by atoms with E-state index in [4.69, 9.17) is 0 Å². The number of aryl methyl sites for hydroxylation is 1. The summed E-state index contributed by atoms with van der Waals surface area (Å²) in [4.78, 5) is 8.11. The van der Waals surface area contributed by atoms with Gasteiger partial charge in [0.25, 0.3) is 0 Å². The Morgan fingerprint density at radius 1 is 1.08 bits per heavy atom. The van der Waals surface area contributed by atoms with Crippen LogP contribution >= 0.6 is 0 Å². The van der Waals surface area contributed by atoms with Crippen molar-refractivity contribution < 1.29 is 4.39 Å². The predicted octanol–water partition coefficient (Wildman–Crippen LogP) is 4.87. The molecule has 0 saturated heterocycles. The Morgan fingerprint density at radius 3 is 2.58 bits per heavy atom. The van der Waals surface area contributed by atoms with E-state index in [0.29, 0.717) is 18.1 Å². The van der Waals surface area contributed by atoms with Gasteiger partial charge >= 0.3 is 0 Å². The molecule has 0 aliphatic rings. The van der Waals surface area contributed by atoms with Crippen molar-refractivity contribution in [1.29, 1.82) is 0 Å². The zero-order valence-electron chi connectivity index (χ0n) is 15.0. The smallest absolute Gasteiger partial charge is 0.240 e. The molecule has 0 N–H and O–H groups in total. The van der Waals surface area contributed by atoms with Gasteiger partial charge in [-0.05, 0) is 42.9 Å². The van der Waals surface area contributed by atoms with E-state index < -0.39 is 5.95 Å². The van der Waals surface area contributed by atoms with Crippen LogP contribution in [0.3, 0.4) is 0 Å². The summed E-state index contributed by atoms with van der Waals surface area (Å²) in [6.07, 6.45) is 6.90. The first-order chi connectivity index (χ1) is 12.8. The van der Waals surface area contributed by atoms with E-state index >= 15 is 0 Å². The highest BCUT2D eigenvalue weighted by atomic mass is 19.1. The molecule has 26 heavy (non-hydrogen) atoms. The first kappa shape index (κ1) is 17.9. The monoisotopic (exact) mass is 347 g/mol. The molecule has 0 spiro atoms. The number of aromatic nitrogens is 3. The molecule has 0 aliphatic heterocycles. The van der Waals surface area contributed by atoms with Crippen LogP contribution in [0.4, 0.5) is 4.39 Å². The lowest BCUT2D eigenvalue weighted by molar-refractivity contribution is 0.588. The second-order valence-corrected chi connectivity index (χ2v) is 6.10. The van der Waals surface area contributed by atoms with Crippen LogP contribution < -0.4 is 0 Å². The molecule has 132 valence electrons. The molecule has 2 aromatic heterocycles. The predicted molar refractivity (Wildman–Crippen MR) is 102 cm³/mol. The van der Waals surface area contributed by atoms with Crippen molar-refractivity contribution in [3.8, 4) is 23.1 Å². The van der Waals surface area contributed by atoms with E-state index in [2.05, 4.69) is 40.9 Å². The average molecular weight is 347 g/mol. The fraction of sp³-hybridized carbons (Fsp3) is 0.273. The van der Waals surface area contributed by atoms with Crippen molar-refractivity contribution in [2.45, 2.75) is 39.2 Å². The van der Waals surface area contributed by atoms with E-state index in [1.165, 1.54) is 5.56 Å². The standard InChI is InChI=1S/C22H22FN3/c1-2-3-5-12-20-25-22(23)21(19-13-15-24-16-14-19)26(20)17-8-11-18-9-6-4-7-10-18/h4,6-7,9-10,13-16H,2-3,8,11,17H2,1H3. The minimum atomic E-state index is -0.475. The Bertz CT molecular complexity index is 890. The third kappa shape index (κ3) is 4.37. The average Bonchev–Trinajstić information content (AvgIpc) is 2.99. The molecule has 2 heterocycles. The third-order valence-electron chi connectivity index (χ3n) is 4.14. The van der Waals surface area contributed by atoms with E-state index in [-0.39, 0.29) is 0 Å². The van der Waals surface area contributed by atoms with Gasteiger partial charge in [0.2, 0.25) is 5.95 Å². The van der Waals surface area contributed by atoms with Crippen LogP contribution in [0.15, 0.2) is 54.9 Å². The van der Waals surface area contributed by atoms with Crippen LogP contribution in [0.25, 0.3) is 11.3 Å². The number of rotatable bonds is 6. The van der Waals surface area contributed by atoms with Crippen LogP contribution in [-0.4, -0.2) is 14.5 Å². The van der Waals surface area contributed by atoms with Gasteiger partial charge in [-0.3, -0.25) is 4.98 Å². The summed E-state index contributed by atoms with van der Waals surface area (Å²) >= 11 is 0. The molecule has 3 rings (SSSR count). The van der Waals surface area contributed by atoms with Gasteiger partial charge in [0, 0.05) is 30.9 Å². The minimum absolute atomic E-state index is 0.475. The van der Waals surface area contributed by atoms with Gasteiger partial charge in [0.15, 0.2) is 5.82 Å². The van der Waals surface area contributed by atoms with E-state index in [1.807, 2.05) is 22.8 Å². The van der Waals surface area contributed by atoms with Crippen LogP contribution in [0.5, 0.6) is 0 Å². The maximum absolute atomic E-state index is 14.6. The molecule has 0 unspecified atom stereocenters. The number of nitrogens with zero attached hydrogens (tertiary/aromatic N) is 3. The number of unbranched alkanes of at least 4 members (excludes halogenated alkanes) is 1. The topological polar surface area (TPSA) is 30.7 Å². The Morgan fingerprint density at radius 2 is 1.85 bits per heavy atom. The van der Waals surface area contributed by atoms with Gasteiger partial charge in [-0.2, -0.15) is 9.37 Å². The highest BCUT2D eigenvalue weighted by Gasteiger charge is 2.17. The number of pyridine rings is 1. The highest BCUT2D eigenvalue weighted by molar-refractivity contribution is 5.60. The lowest BCUT2D eigenvalue weighted by Crippen LogP contribution is -2.05. The molecule has 3 aromatic rings. The normalized spacial score (nSPS) is 10.4. The fourth-order valence-corrected chi connectivity index (χ4v) is 2.87. The first-order valence-electron chi connectivity index (χ1n) is 8.98. The molecule has 0 aliphatic carbocycles. The fourth-order valence-electron chi connectivity index (χ4n) is 2.87. The van der Waals surface area contributed by atoms with E-state index in [1.54, 1.807) is 24.5 Å². The Kier molecular flexibility index (Phi) is 6.16. The maximum atomic E-state index is 14.6. The lowest BCUT2D eigenvalue weighted by atomic mass is 10.1. The van der Waals surface area contributed by atoms with Gasteiger partial charge in [-0.15, -0.1) is 0 Å². The molecule has 0 fully saturated rings. The van der Waals surface area contributed by atoms with Crippen molar-refractivity contribution in [2.75, 3.05) is 0 Å². The van der Waals surface area contributed by atoms with Crippen molar-refractivity contribution in [1.82, 2.24) is 14.5 Å². The molecule has 0 saturated carbocycles. The quantitative estimate of drug-likeness (QED) is 0.596. The maximum Gasteiger partial charge on any atom is 0.240 e. The van der Waals surface area contributed by atoms with Crippen LogP contribution in [0.1, 0.15) is 37.6 Å². The Balaban J connectivity index is 1.88. The SMILES string of the molecule is CCCC#Cc1nc(F)c(-c2ccncc2)n1CCCc1ccccc1. The molecule has 1 aromatic carbocycles. The van der Waals surface area contributed by atoms with E-state index in [0.717, 1.165) is 31.2 Å². The van der Waals surface area contributed by atoms with Gasteiger partial charge in [0.05, 0.1) is 0 Å². The van der Waals surface area contributed by atoms with Crippen molar-refractivity contribution in [3.05, 3.63) is 72.2 Å². The summed E-state index contributed by atoms with van der Waals surface area (Å²) in [6.45, 7) is 2.74.